The van der Waals surface area contributed by atoms with Crippen molar-refractivity contribution in [1.82, 2.24) is 29.4 Å². The summed E-state index contributed by atoms with van der Waals surface area (Å²) in [5.74, 6) is -0.417. The lowest BCUT2D eigenvalue weighted by atomic mass is 9.86. The summed E-state index contributed by atoms with van der Waals surface area (Å²) in [6.07, 6.45) is 4.48. The first-order valence-electron chi connectivity index (χ1n) is 13.0. The van der Waals surface area contributed by atoms with Crippen LogP contribution in [-0.2, 0) is 6.54 Å². The van der Waals surface area contributed by atoms with Gasteiger partial charge in [-0.1, -0.05) is 17.7 Å². The van der Waals surface area contributed by atoms with Gasteiger partial charge < -0.3 is 5.32 Å². The van der Waals surface area contributed by atoms with Crippen LogP contribution in [0.2, 0.25) is 5.02 Å². The van der Waals surface area contributed by atoms with Gasteiger partial charge in [0.15, 0.2) is 5.65 Å². The number of fused-ring (bicyclic) bond motifs is 2. The molecule has 1 aliphatic carbocycles. The quantitative estimate of drug-likeness (QED) is 0.286. The van der Waals surface area contributed by atoms with E-state index in [4.69, 9.17) is 11.6 Å². The van der Waals surface area contributed by atoms with Crippen molar-refractivity contribution in [3.8, 4) is 5.69 Å². The average molecular weight is 563 g/mol. The Kier molecular flexibility index (Phi) is 7.02. The van der Waals surface area contributed by atoms with Crippen LogP contribution < -0.4 is 11.0 Å². The van der Waals surface area contributed by atoms with Gasteiger partial charge in [0.05, 0.1) is 27.3 Å². The molecule has 40 heavy (non-hydrogen) atoms. The number of aromatic nitrogens is 5. The topological polar surface area (TPSA) is 94.7 Å². The fourth-order valence-corrected chi connectivity index (χ4v) is 5.68. The number of alkyl halides is 2. The number of carbonyl (C=O) groups is 1. The van der Waals surface area contributed by atoms with Crippen molar-refractivity contribution in [3.05, 3.63) is 93.9 Å². The van der Waals surface area contributed by atoms with E-state index in [0.717, 1.165) is 41.1 Å². The molecule has 0 bridgehead atoms. The van der Waals surface area contributed by atoms with Gasteiger partial charge in [-0.15, -0.1) is 0 Å². The van der Waals surface area contributed by atoms with Gasteiger partial charge in [0.2, 0.25) is 0 Å². The van der Waals surface area contributed by atoms with Crippen molar-refractivity contribution >= 4 is 39.6 Å². The van der Waals surface area contributed by atoms with Crippen molar-refractivity contribution in [2.24, 2.45) is 5.92 Å². The molecule has 1 aliphatic rings. The van der Waals surface area contributed by atoms with E-state index in [1.165, 1.54) is 6.07 Å². The predicted octanol–water partition coefficient (Wildman–Crippen LogP) is 5.71. The molecule has 1 saturated carbocycles. The maximum atomic E-state index is 13.7. The molecule has 204 valence electrons. The Balaban J connectivity index is 1.19. The SMILES string of the molecule is O=C(N[C@H]1CC[C@H](Cn2c(=O)n(-c3ccc4ncccc4c3)c3cccnc32)CC1)c1cc(Cl)cnc1C(F)F. The molecule has 0 unspecified atom stereocenters. The number of imidazole rings is 1. The lowest BCUT2D eigenvalue weighted by molar-refractivity contribution is 0.0904. The van der Waals surface area contributed by atoms with Crippen LogP contribution >= 0.6 is 11.6 Å². The first kappa shape index (κ1) is 26.1. The molecule has 1 aromatic carbocycles. The summed E-state index contributed by atoms with van der Waals surface area (Å²) in [7, 11) is 0. The number of rotatable bonds is 6. The van der Waals surface area contributed by atoms with Crippen LogP contribution in [0.25, 0.3) is 27.8 Å². The summed E-state index contributed by atoms with van der Waals surface area (Å²) in [6.45, 7) is 0.489. The molecule has 0 radical (unpaired) electrons. The molecule has 5 aromatic rings. The van der Waals surface area contributed by atoms with Crippen LogP contribution in [0.5, 0.6) is 0 Å². The Morgan fingerprint density at radius 2 is 1.80 bits per heavy atom. The van der Waals surface area contributed by atoms with Gasteiger partial charge in [-0.05, 0) is 74.1 Å². The number of pyridine rings is 3. The molecule has 4 heterocycles. The molecular formula is C29H25ClF2N6O2. The Morgan fingerprint density at radius 3 is 2.60 bits per heavy atom. The summed E-state index contributed by atoms with van der Waals surface area (Å²) in [5.41, 5.74) is 1.97. The molecule has 0 aliphatic heterocycles. The Hall–Kier alpha value is -4.18. The highest BCUT2D eigenvalue weighted by Crippen LogP contribution is 2.29. The van der Waals surface area contributed by atoms with Gasteiger partial charge in [-0.2, -0.15) is 0 Å². The van der Waals surface area contributed by atoms with Gasteiger partial charge >= 0.3 is 5.69 Å². The van der Waals surface area contributed by atoms with Crippen molar-refractivity contribution in [1.29, 1.82) is 0 Å². The average Bonchev–Trinajstić information content (AvgIpc) is 3.24. The Bertz CT molecular complexity index is 1780. The van der Waals surface area contributed by atoms with E-state index in [-0.39, 0.29) is 28.2 Å². The van der Waals surface area contributed by atoms with E-state index in [1.54, 1.807) is 21.5 Å². The molecule has 8 nitrogen and oxygen atoms in total. The lowest BCUT2D eigenvalue weighted by Gasteiger charge is -2.29. The maximum absolute atomic E-state index is 13.7. The highest BCUT2D eigenvalue weighted by Gasteiger charge is 2.27. The molecule has 4 aromatic heterocycles. The Morgan fingerprint density at radius 1 is 1.02 bits per heavy atom. The normalized spacial score (nSPS) is 17.5. The van der Waals surface area contributed by atoms with Crippen LogP contribution in [0.15, 0.2) is 71.9 Å². The summed E-state index contributed by atoms with van der Waals surface area (Å²) in [5, 5.41) is 3.92. The number of nitrogens with zero attached hydrogens (tertiary/aromatic N) is 5. The van der Waals surface area contributed by atoms with Crippen molar-refractivity contribution < 1.29 is 13.6 Å². The fraction of sp³-hybridized carbons (Fsp3) is 0.276. The third kappa shape index (κ3) is 4.95. The van der Waals surface area contributed by atoms with Crippen LogP contribution in [0.1, 0.15) is 48.2 Å². The zero-order valence-electron chi connectivity index (χ0n) is 21.3. The maximum Gasteiger partial charge on any atom is 0.334 e. The monoisotopic (exact) mass is 562 g/mol. The van der Waals surface area contributed by atoms with Crippen LogP contribution in [0, 0.1) is 5.92 Å². The minimum Gasteiger partial charge on any atom is -0.349 e. The van der Waals surface area contributed by atoms with E-state index in [9.17, 15) is 18.4 Å². The molecule has 6 rings (SSSR count). The second kappa shape index (κ2) is 10.8. The number of benzene rings is 1. The van der Waals surface area contributed by atoms with Crippen LogP contribution in [-0.4, -0.2) is 36.0 Å². The van der Waals surface area contributed by atoms with Gasteiger partial charge in [0, 0.05) is 36.6 Å². The number of halogens is 3. The van der Waals surface area contributed by atoms with Crippen molar-refractivity contribution in [2.45, 2.75) is 44.7 Å². The highest BCUT2D eigenvalue weighted by molar-refractivity contribution is 6.30. The molecule has 0 spiro atoms. The number of carbonyl (C=O) groups excluding carboxylic acids is 1. The smallest absolute Gasteiger partial charge is 0.334 e. The lowest BCUT2D eigenvalue weighted by Crippen LogP contribution is -2.39. The van der Waals surface area contributed by atoms with Gasteiger partial charge in [-0.3, -0.25) is 23.9 Å². The molecule has 1 N–H and O–H groups in total. The molecule has 0 saturated heterocycles. The molecule has 0 atom stereocenters. The van der Waals surface area contributed by atoms with Crippen LogP contribution in [0.4, 0.5) is 8.78 Å². The standard InChI is InChI=1S/C29H25ClF2N6O2/c30-19-14-22(25(26(31)32)35-15-19)28(39)36-20-7-5-17(6-8-20)16-37-27-24(4-2-12-34-27)38(29(37)40)21-9-10-23-18(13-21)3-1-11-33-23/h1-4,9-15,17,20,26H,5-8,16H2,(H,36,39)/t17-,20-. The number of nitrogens with one attached hydrogen (secondary N) is 1. The fourth-order valence-electron chi connectivity index (χ4n) is 5.52. The van der Waals surface area contributed by atoms with Gasteiger partial charge in [-0.25, -0.2) is 18.6 Å². The molecule has 1 fully saturated rings. The minimum absolute atomic E-state index is 0.122. The second-order valence-electron chi connectivity index (χ2n) is 10.0. The van der Waals surface area contributed by atoms with E-state index in [1.807, 2.05) is 42.5 Å². The second-order valence-corrected chi connectivity index (χ2v) is 10.5. The number of hydrogen-bond donors (Lipinski definition) is 1. The first-order chi connectivity index (χ1) is 19.4. The summed E-state index contributed by atoms with van der Waals surface area (Å²) >= 11 is 5.90. The van der Waals surface area contributed by atoms with E-state index >= 15 is 0 Å². The third-order valence-corrected chi connectivity index (χ3v) is 7.70. The number of hydrogen-bond acceptors (Lipinski definition) is 5. The van der Waals surface area contributed by atoms with Gasteiger partial charge in [0.25, 0.3) is 12.3 Å². The van der Waals surface area contributed by atoms with Crippen LogP contribution in [0.3, 0.4) is 0 Å². The zero-order chi connectivity index (χ0) is 27.8. The van der Waals surface area contributed by atoms with Gasteiger partial charge in [0.1, 0.15) is 5.69 Å². The van der Waals surface area contributed by atoms with Crippen molar-refractivity contribution in [3.63, 3.8) is 0 Å². The highest BCUT2D eigenvalue weighted by atomic mass is 35.5. The van der Waals surface area contributed by atoms with E-state index < -0.39 is 18.0 Å². The first-order valence-corrected chi connectivity index (χ1v) is 13.4. The van der Waals surface area contributed by atoms with E-state index in [0.29, 0.717) is 25.0 Å². The van der Waals surface area contributed by atoms with Crippen molar-refractivity contribution in [2.75, 3.05) is 0 Å². The molecular weight excluding hydrogens is 538 g/mol. The molecule has 11 heteroatoms. The third-order valence-electron chi connectivity index (χ3n) is 7.49. The molecule has 1 amide bonds. The Labute approximate surface area is 232 Å². The summed E-state index contributed by atoms with van der Waals surface area (Å²) in [4.78, 5) is 39.0. The zero-order valence-corrected chi connectivity index (χ0v) is 22.1. The number of amides is 1. The summed E-state index contributed by atoms with van der Waals surface area (Å²) in [6, 6.07) is 14.3. The summed E-state index contributed by atoms with van der Waals surface area (Å²) < 4.78 is 30.1. The largest absolute Gasteiger partial charge is 0.349 e. The minimum atomic E-state index is -2.88. The van der Waals surface area contributed by atoms with E-state index in [2.05, 4.69) is 20.3 Å². The predicted molar refractivity (Wildman–Crippen MR) is 148 cm³/mol.